The molecule has 1 aliphatic rings. The van der Waals surface area contributed by atoms with Gasteiger partial charge in [-0.25, -0.2) is 4.98 Å². The number of aryl methyl sites for hydroxylation is 1. The van der Waals surface area contributed by atoms with Crippen molar-refractivity contribution in [3.05, 3.63) is 51.9 Å². The van der Waals surface area contributed by atoms with E-state index in [1.165, 1.54) is 18.4 Å². The number of nitrogens with one attached hydrogen (secondary N) is 1. The average Bonchev–Trinajstić information content (AvgIpc) is 3.22. The van der Waals surface area contributed by atoms with Crippen LogP contribution in [0.2, 0.25) is 0 Å². The van der Waals surface area contributed by atoms with Crippen molar-refractivity contribution in [2.24, 2.45) is 0 Å². The summed E-state index contributed by atoms with van der Waals surface area (Å²) in [5, 5.41) is 0. The highest BCUT2D eigenvalue weighted by Gasteiger charge is 2.23. The Labute approximate surface area is 106 Å². The van der Waals surface area contributed by atoms with Gasteiger partial charge in [0.2, 0.25) is 0 Å². The minimum absolute atomic E-state index is 0.0804. The highest BCUT2D eigenvalue weighted by molar-refractivity contribution is 5.55. The number of aromatic amines is 1. The van der Waals surface area contributed by atoms with Crippen LogP contribution in [-0.2, 0) is 6.42 Å². The first-order valence-electron chi connectivity index (χ1n) is 6.47. The summed E-state index contributed by atoms with van der Waals surface area (Å²) in [4.78, 5) is 18.8. The van der Waals surface area contributed by atoms with Gasteiger partial charge in [-0.05, 0) is 30.7 Å². The molecule has 1 aromatic carbocycles. The van der Waals surface area contributed by atoms with Crippen molar-refractivity contribution in [2.75, 3.05) is 0 Å². The van der Waals surface area contributed by atoms with E-state index in [9.17, 15) is 4.79 Å². The Hall–Kier alpha value is -1.90. The van der Waals surface area contributed by atoms with Crippen LogP contribution >= 0.6 is 0 Å². The fourth-order valence-corrected chi connectivity index (χ4v) is 2.16. The van der Waals surface area contributed by atoms with E-state index >= 15 is 0 Å². The van der Waals surface area contributed by atoms with Crippen molar-refractivity contribution in [3.63, 3.8) is 0 Å². The lowest BCUT2D eigenvalue weighted by molar-refractivity contribution is 0.986. The molecule has 0 saturated heterocycles. The maximum Gasteiger partial charge on any atom is 0.251 e. The molecule has 1 fully saturated rings. The van der Waals surface area contributed by atoms with E-state index in [-0.39, 0.29) is 5.56 Å². The van der Waals surface area contributed by atoms with Gasteiger partial charge in [-0.15, -0.1) is 0 Å². The number of benzene rings is 1. The lowest BCUT2D eigenvalue weighted by Crippen LogP contribution is -2.09. The van der Waals surface area contributed by atoms with Gasteiger partial charge in [0.15, 0.2) is 0 Å². The zero-order valence-electron chi connectivity index (χ0n) is 10.4. The summed E-state index contributed by atoms with van der Waals surface area (Å²) < 4.78 is 0. The van der Waals surface area contributed by atoms with Gasteiger partial charge in [-0.3, -0.25) is 4.79 Å². The Morgan fingerprint density at radius 3 is 2.61 bits per heavy atom. The molecular formula is C15H16N2O. The fraction of sp³-hybridized carbons (Fsp3) is 0.333. The van der Waals surface area contributed by atoms with E-state index in [2.05, 4.69) is 22.1 Å². The minimum atomic E-state index is -0.0804. The first kappa shape index (κ1) is 11.2. The lowest BCUT2D eigenvalue weighted by atomic mass is 10.1. The normalized spacial score (nSPS) is 14.7. The van der Waals surface area contributed by atoms with Crippen LogP contribution in [0.15, 0.2) is 35.1 Å². The van der Waals surface area contributed by atoms with Crippen molar-refractivity contribution < 1.29 is 0 Å². The van der Waals surface area contributed by atoms with Crippen molar-refractivity contribution >= 4 is 0 Å². The first-order chi connectivity index (χ1) is 8.76. The summed E-state index contributed by atoms with van der Waals surface area (Å²) in [7, 11) is 0. The van der Waals surface area contributed by atoms with Gasteiger partial charge < -0.3 is 4.98 Å². The molecule has 0 atom stereocenters. The number of hydrogen-bond donors (Lipinski definition) is 1. The second kappa shape index (κ2) is 4.41. The second-order valence-corrected chi connectivity index (χ2v) is 4.84. The van der Waals surface area contributed by atoms with Gasteiger partial charge in [0, 0.05) is 17.3 Å². The van der Waals surface area contributed by atoms with E-state index in [1.807, 2.05) is 19.1 Å². The first-order valence-corrected chi connectivity index (χ1v) is 6.47. The fourth-order valence-electron chi connectivity index (χ4n) is 2.16. The summed E-state index contributed by atoms with van der Waals surface area (Å²) in [6.07, 6.45) is 3.39. The highest BCUT2D eigenvalue weighted by atomic mass is 16.1. The van der Waals surface area contributed by atoms with Crippen LogP contribution in [0, 0.1) is 0 Å². The number of nitrogens with zero attached hydrogens (tertiary/aromatic N) is 1. The van der Waals surface area contributed by atoms with Crippen molar-refractivity contribution in [3.8, 4) is 11.4 Å². The molecule has 3 heteroatoms. The standard InChI is InChI=1S/C15H16N2O/c1-2-13-9-14(18)17-15(16-13)12-7-5-11(6-8-12)10-3-4-10/h5-10H,2-4H2,1H3,(H,16,17,18). The Morgan fingerprint density at radius 2 is 2.00 bits per heavy atom. The third kappa shape index (κ3) is 2.21. The topological polar surface area (TPSA) is 45.8 Å². The zero-order valence-corrected chi connectivity index (χ0v) is 10.4. The van der Waals surface area contributed by atoms with Crippen LogP contribution in [0.4, 0.5) is 0 Å². The summed E-state index contributed by atoms with van der Waals surface area (Å²) >= 11 is 0. The zero-order chi connectivity index (χ0) is 12.5. The molecule has 1 aliphatic carbocycles. The Morgan fingerprint density at radius 1 is 1.28 bits per heavy atom. The van der Waals surface area contributed by atoms with E-state index in [0.717, 1.165) is 23.6 Å². The van der Waals surface area contributed by atoms with E-state index in [1.54, 1.807) is 6.07 Å². The Balaban J connectivity index is 1.97. The van der Waals surface area contributed by atoms with E-state index in [0.29, 0.717) is 5.82 Å². The third-order valence-corrected chi connectivity index (χ3v) is 3.39. The molecule has 0 bridgehead atoms. The van der Waals surface area contributed by atoms with E-state index < -0.39 is 0 Å². The quantitative estimate of drug-likeness (QED) is 0.896. The maximum absolute atomic E-state index is 11.5. The molecule has 92 valence electrons. The summed E-state index contributed by atoms with van der Waals surface area (Å²) in [5.41, 5.74) is 3.13. The smallest absolute Gasteiger partial charge is 0.251 e. The molecule has 1 N–H and O–H groups in total. The predicted molar refractivity (Wildman–Crippen MR) is 71.6 cm³/mol. The maximum atomic E-state index is 11.5. The van der Waals surface area contributed by atoms with Gasteiger partial charge >= 0.3 is 0 Å². The molecular weight excluding hydrogens is 224 g/mol. The molecule has 0 radical (unpaired) electrons. The van der Waals surface area contributed by atoms with Crippen LogP contribution in [0.1, 0.15) is 36.9 Å². The Kier molecular flexibility index (Phi) is 2.74. The molecule has 0 aliphatic heterocycles. The molecule has 0 amide bonds. The highest BCUT2D eigenvalue weighted by Crippen LogP contribution is 2.40. The SMILES string of the molecule is CCc1cc(=O)[nH]c(-c2ccc(C3CC3)cc2)n1. The number of H-pyrrole nitrogens is 1. The van der Waals surface area contributed by atoms with Gasteiger partial charge in [0.05, 0.1) is 0 Å². The monoisotopic (exact) mass is 240 g/mol. The molecule has 3 rings (SSSR count). The predicted octanol–water partition coefficient (Wildman–Crippen LogP) is 2.88. The van der Waals surface area contributed by atoms with Gasteiger partial charge in [-0.1, -0.05) is 31.2 Å². The number of rotatable bonds is 3. The molecule has 1 aromatic heterocycles. The second-order valence-electron chi connectivity index (χ2n) is 4.84. The summed E-state index contributed by atoms with van der Waals surface area (Å²) in [5.74, 6) is 1.43. The minimum Gasteiger partial charge on any atom is -0.307 e. The van der Waals surface area contributed by atoms with Crippen molar-refractivity contribution in [2.45, 2.75) is 32.1 Å². The lowest BCUT2D eigenvalue weighted by Gasteiger charge is -2.04. The van der Waals surface area contributed by atoms with Crippen LogP contribution in [0.25, 0.3) is 11.4 Å². The largest absolute Gasteiger partial charge is 0.307 e. The van der Waals surface area contributed by atoms with Crippen molar-refractivity contribution in [1.82, 2.24) is 9.97 Å². The molecule has 3 nitrogen and oxygen atoms in total. The molecule has 1 heterocycles. The Bertz CT molecular complexity index is 609. The van der Waals surface area contributed by atoms with Gasteiger partial charge in [-0.2, -0.15) is 0 Å². The van der Waals surface area contributed by atoms with Crippen LogP contribution in [0.3, 0.4) is 0 Å². The molecule has 2 aromatic rings. The molecule has 1 saturated carbocycles. The van der Waals surface area contributed by atoms with Crippen LogP contribution < -0.4 is 5.56 Å². The number of aromatic nitrogens is 2. The van der Waals surface area contributed by atoms with Crippen LogP contribution in [0.5, 0.6) is 0 Å². The third-order valence-electron chi connectivity index (χ3n) is 3.39. The van der Waals surface area contributed by atoms with Crippen LogP contribution in [-0.4, -0.2) is 9.97 Å². The van der Waals surface area contributed by atoms with Gasteiger partial charge in [0.1, 0.15) is 5.82 Å². The molecule has 0 spiro atoms. The molecule has 18 heavy (non-hydrogen) atoms. The van der Waals surface area contributed by atoms with E-state index in [4.69, 9.17) is 0 Å². The summed E-state index contributed by atoms with van der Waals surface area (Å²) in [6, 6.07) is 9.94. The molecule has 0 unspecified atom stereocenters. The average molecular weight is 240 g/mol. The van der Waals surface area contributed by atoms with Crippen molar-refractivity contribution in [1.29, 1.82) is 0 Å². The van der Waals surface area contributed by atoms with Gasteiger partial charge in [0.25, 0.3) is 5.56 Å². The summed E-state index contributed by atoms with van der Waals surface area (Å²) in [6.45, 7) is 2.00. The number of hydrogen-bond acceptors (Lipinski definition) is 2.